The van der Waals surface area contributed by atoms with Crippen molar-refractivity contribution in [3.8, 4) is 0 Å². The first-order valence-corrected chi connectivity index (χ1v) is 13.5. The molecule has 2 atom stereocenters. The zero-order chi connectivity index (χ0) is 25.1. The Bertz CT molecular complexity index is 962. The first-order chi connectivity index (χ1) is 16.7. The van der Waals surface area contributed by atoms with Crippen molar-refractivity contribution in [3.05, 3.63) is 28.3 Å². The van der Waals surface area contributed by atoms with Crippen molar-refractivity contribution in [3.63, 3.8) is 0 Å². The van der Waals surface area contributed by atoms with Crippen LogP contribution < -0.4 is 5.32 Å². The van der Waals surface area contributed by atoms with E-state index < -0.39 is 0 Å². The maximum absolute atomic E-state index is 12.9. The summed E-state index contributed by atoms with van der Waals surface area (Å²) < 4.78 is 0. The third-order valence-electron chi connectivity index (χ3n) is 8.05. The average Bonchev–Trinajstić information content (AvgIpc) is 3.49. The molecule has 2 heterocycles. The summed E-state index contributed by atoms with van der Waals surface area (Å²) in [5.74, 6) is 0.792. The predicted octanol–water partition coefficient (Wildman–Crippen LogP) is 4.07. The summed E-state index contributed by atoms with van der Waals surface area (Å²) in [6.45, 7) is 10.3. The summed E-state index contributed by atoms with van der Waals surface area (Å²) >= 11 is 6.45. The summed E-state index contributed by atoms with van der Waals surface area (Å²) in [6, 6.07) is 3.99. The molecule has 0 spiro atoms. The van der Waals surface area contributed by atoms with E-state index in [4.69, 9.17) is 11.6 Å². The number of hydrogen-bond acceptors (Lipinski definition) is 4. The highest BCUT2D eigenvalue weighted by Crippen LogP contribution is 2.30. The lowest BCUT2D eigenvalue weighted by atomic mass is 10.0. The molecule has 35 heavy (non-hydrogen) atoms. The molecule has 0 radical (unpaired) electrons. The SMILES string of the molecule is CC(=O)N1CC[C@H](CC(=O)Nc2cc(Cl)cc(CN3CCN(C(=O)C4CCCC4)[C@@H](C)C3)c2C)C1. The second-order valence-electron chi connectivity index (χ2n) is 10.7. The molecule has 2 saturated heterocycles. The monoisotopic (exact) mass is 502 g/mol. The Kier molecular flexibility index (Phi) is 8.38. The average molecular weight is 503 g/mol. The van der Waals surface area contributed by atoms with Gasteiger partial charge < -0.3 is 15.1 Å². The second kappa shape index (κ2) is 11.3. The molecule has 4 rings (SSSR count). The largest absolute Gasteiger partial charge is 0.343 e. The first-order valence-electron chi connectivity index (χ1n) is 13.1. The smallest absolute Gasteiger partial charge is 0.226 e. The van der Waals surface area contributed by atoms with Crippen molar-refractivity contribution >= 4 is 35.0 Å². The molecule has 1 aromatic rings. The van der Waals surface area contributed by atoms with E-state index in [0.717, 1.165) is 68.8 Å². The number of benzene rings is 1. The first kappa shape index (κ1) is 26.0. The van der Waals surface area contributed by atoms with E-state index in [1.165, 1.54) is 12.8 Å². The Labute approximate surface area is 214 Å². The predicted molar refractivity (Wildman–Crippen MR) is 138 cm³/mol. The summed E-state index contributed by atoms with van der Waals surface area (Å²) in [6.07, 6.45) is 5.69. The Morgan fingerprint density at radius 1 is 1.06 bits per heavy atom. The zero-order valence-electron chi connectivity index (χ0n) is 21.3. The van der Waals surface area contributed by atoms with Gasteiger partial charge in [-0.15, -0.1) is 0 Å². The fourth-order valence-corrected chi connectivity index (χ4v) is 6.17. The van der Waals surface area contributed by atoms with Crippen molar-refractivity contribution < 1.29 is 14.4 Å². The van der Waals surface area contributed by atoms with E-state index in [9.17, 15) is 14.4 Å². The maximum Gasteiger partial charge on any atom is 0.226 e. The number of hydrogen-bond donors (Lipinski definition) is 1. The highest BCUT2D eigenvalue weighted by atomic mass is 35.5. The number of rotatable bonds is 6. The molecule has 8 heteroatoms. The second-order valence-corrected chi connectivity index (χ2v) is 11.1. The minimum atomic E-state index is -0.0376. The molecule has 1 saturated carbocycles. The number of carbonyl (C=O) groups excluding carboxylic acids is 3. The number of nitrogens with zero attached hydrogens (tertiary/aromatic N) is 3. The molecular formula is C27H39ClN4O3. The summed E-state index contributed by atoms with van der Waals surface area (Å²) in [5, 5.41) is 3.67. The molecule has 3 amide bonds. The van der Waals surface area contributed by atoms with Crippen LogP contribution in [0.2, 0.25) is 5.02 Å². The summed E-state index contributed by atoms with van der Waals surface area (Å²) in [5.41, 5.74) is 2.87. The van der Waals surface area contributed by atoms with E-state index in [0.29, 0.717) is 23.9 Å². The van der Waals surface area contributed by atoms with Gasteiger partial charge in [0, 0.05) is 75.3 Å². The standard InChI is InChI=1S/C27H39ClN4O3/c1-18-15-30(10-11-32(18)27(35)22-6-4-5-7-22)17-23-13-24(28)14-25(19(23)2)29-26(34)12-21-8-9-31(16-21)20(3)33/h13-14,18,21-22H,4-12,15-17H2,1-3H3,(H,29,34)/t18-,21+/m0/s1. The van der Waals surface area contributed by atoms with E-state index in [1.54, 1.807) is 6.92 Å². The van der Waals surface area contributed by atoms with Crippen LogP contribution in [0.1, 0.15) is 63.5 Å². The highest BCUT2D eigenvalue weighted by Gasteiger charge is 2.33. The van der Waals surface area contributed by atoms with E-state index in [-0.39, 0.29) is 29.7 Å². The molecule has 3 fully saturated rings. The quantitative estimate of drug-likeness (QED) is 0.636. The van der Waals surface area contributed by atoms with Gasteiger partial charge in [-0.3, -0.25) is 19.3 Å². The van der Waals surface area contributed by atoms with Crippen LogP contribution in [0.25, 0.3) is 0 Å². The number of piperazine rings is 1. The highest BCUT2D eigenvalue weighted by molar-refractivity contribution is 6.31. The van der Waals surface area contributed by atoms with E-state index in [1.807, 2.05) is 24.0 Å². The lowest BCUT2D eigenvalue weighted by Gasteiger charge is -2.41. The van der Waals surface area contributed by atoms with Gasteiger partial charge in [-0.25, -0.2) is 0 Å². The third-order valence-corrected chi connectivity index (χ3v) is 8.27. The molecule has 7 nitrogen and oxygen atoms in total. The molecule has 0 unspecified atom stereocenters. The van der Waals surface area contributed by atoms with Gasteiger partial charge in [-0.2, -0.15) is 0 Å². The molecule has 1 aliphatic carbocycles. The number of halogens is 1. The molecular weight excluding hydrogens is 464 g/mol. The van der Waals surface area contributed by atoms with Gasteiger partial charge in [0.15, 0.2) is 0 Å². The maximum atomic E-state index is 12.9. The molecule has 0 bridgehead atoms. The Morgan fingerprint density at radius 2 is 1.80 bits per heavy atom. The van der Waals surface area contributed by atoms with Crippen molar-refractivity contribution in [1.29, 1.82) is 0 Å². The van der Waals surface area contributed by atoms with Crippen LogP contribution in [-0.4, -0.2) is 71.2 Å². The van der Waals surface area contributed by atoms with Crippen LogP contribution in [0.5, 0.6) is 0 Å². The molecule has 3 aliphatic rings. The normalized spacial score (nSPS) is 23.7. The molecule has 192 valence electrons. The van der Waals surface area contributed by atoms with Gasteiger partial charge >= 0.3 is 0 Å². The molecule has 1 aromatic carbocycles. The molecule has 0 aromatic heterocycles. The molecule has 2 aliphatic heterocycles. The fourth-order valence-electron chi connectivity index (χ4n) is 5.93. The van der Waals surface area contributed by atoms with Gasteiger partial charge in [-0.1, -0.05) is 24.4 Å². The third kappa shape index (κ3) is 6.36. The van der Waals surface area contributed by atoms with Crippen LogP contribution in [0.4, 0.5) is 5.69 Å². The lowest BCUT2D eigenvalue weighted by molar-refractivity contribution is -0.140. The van der Waals surface area contributed by atoms with Crippen LogP contribution in [0, 0.1) is 18.8 Å². The van der Waals surface area contributed by atoms with Crippen LogP contribution >= 0.6 is 11.6 Å². The van der Waals surface area contributed by atoms with Crippen molar-refractivity contribution in [2.24, 2.45) is 11.8 Å². The van der Waals surface area contributed by atoms with Gasteiger partial charge in [0.1, 0.15) is 0 Å². The zero-order valence-corrected chi connectivity index (χ0v) is 22.1. The van der Waals surface area contributed by atoms with Gasteiger partial charge in [0.2, 0.25) is 17.7 Å². The van der Waals surface area contributed by atoms with Crippen molar-refractivity contribution in [2.45, 2.75) is 71.9 Å². The minimum absolute atomic E-state index is 0.0376. The van der Waals surface area contributed by atoms with E-state index >= 15 is 0 Å². The fraction of sp³-hybridized carbons (Fsp3) is 0.667. The Hall–Kier alpha value is -2.12. The minimum Gasteiger partial charge on any atom is -0.343 e. The van der Waals surface area contributed by atoms with Crippen LogP contribution in [-0.2, 0) is 20.9 Å². The summed E-state index contributed by atoms with van der Waals surface area (Å²) in [4.78, 5) is 43.5. The topological polar surface area (TPSA) is 73.0 Å². The van der Waals surface area contributed by atoms with Gasteiger partial charge in [-0.05, 0) is 62.3 Å². The van der Waals surface area contributed by atoms with Gasteiger partial charge in [0.25, 0.3) is 0 Å². The number of likely N-dealkylation sites (tertiary alicyclic amines) is 1. The number of carbonyl (C=O) groups is 3. The van der Waals surface area contributed by atoms with Crippen molar-refractivity contribution in [1.82, 2.24) is 14.7 Å². The molecule has 1 N–H and O–H groups in total. The van der Waals surface area contributed by atoms with Gasteiger partial charge in [0.05, 0.1) is 0 Å². The Morgan fingerprint density at radius 3 is 2.46 bits per heavy atom. The van der Waals surface area contributed by atoms with Crippen LogP contribution in [0.3, 0.4) is 0 Å². The summed E-state index contributed by atoms with van der Waals surface area (Å²) in [7, 11) is 0. The van der Waals surface area contributed by atoms with Crippen molar-refractivity contribution in [2.75, 3.05) is 38.0 Å². The lowest BCUT2D eigenvalue weighted by Crippen LogP contribution is -2.54. The Balaban J connectivity index is 1.34. The van der Waals surface area contributed by atoms with Crippen LogP contribution in [0.15, 0.2) is 12.1 Å². The van der Waals surface area contributed by atoms with E-state index in [2.05, 4.69) is 22.0 Å². The number of nitrogens with one attached hydrogen (secondary N) is 1. The number of anilines is 1. The number of amides is 3.